The summed E-state index contributed by atoms with van der Waals surface area (Å²) in [4.78, 5) is 15.1. The standard InChI is InChI=1S/C13H9BrF2N2O2/c1-6-4-7(14)5-17-12(6)18-11-8(13(19)20)2-3-9(15)10(11)16/h2-5H,1H3,(H,17,18)(H,19,20). The maximum Gasteiger partial charge on any atom is 0.337 e. The molecule has 104 valence electrons. The Bertz CT molecular complexity index is 692. The first kappa shape index (κ1) is 14.4. The topological polar surface area (TPSA) is 62.2 Å². The van der Waals surface area contributed by atoms with Crippen LogP contribution in [0.4, 0.5) is 20.3 Å². The molecule has 0 spiro atoms. The van der Waals surface area contributed by atoms with Crippen molar-refractivity contribution in [1.29, 1.82) is 0 Å². The molecule has 0 saturated carbocycles. The summed E-state index contributed by atoms with van der Waals surface area (Å²) in [5.74, 6) is -3.50. The minimum absolute atomic E-state index is 0.250. The van der Waals surface area contributed by atoms with Crippen molar-refractivity contribution in [2.24, 2.45) is 0 Å². The maximum absolute atomic E-state index is 13.8. The van der Waals surface area contributed by atoms with Gasteiger partial charge in [-0.15, -0.1) is 0 Å². The molecular weight excluding hydrogens is 334 g/mol. The molecule has 2 N–H and O–H groups in total. The minimum Gasteiger partial charge on any atom is -0.478 e. The van der Waals surface area contributed by atoms with Gasteiger partial charge in [0.15, 0.2) is 11.6 Å². The van der Waals surface area contributed by atoms with Crippen molar-refractivity contribution in [3.63, 3.8) is 0 Å². The van der Waals surface area contributed by atoms with Crippen molar-refractivity contribution in [3.8, 4) is 0 Å². The van der Waals surface area contributed by atoms with E-state index in [1.54, 1.807) is 13.0 Å². The van der Waals surface area contributed by atoms with Gasteiger partial charge in [0.1, 0.15) is 5.82 Å². The second-order valence-corrected chi connectivity index (χ2v) is 4.95. The lowest BCUT2D eigenvalue weighted by molar-refractivity contribution is 0.0697. The average Bonchev–Trinajstić information content (AvgIpc) is 2.37. The summed E-state index contributed by atoms with van der Waals surface area (Å²) < 4.78 is 27.8. The molecule has 1 heterocycles. The SMILES string of the molecule is Cc1cc(Br)cnc1Nc1c(C(=O)O)ccc(F)c1F. The van der Waals surface area contributed by atoms with Gasteiger partial charge >= 0.3 is 5.97 Å². The predicted molar refractivity (Wildman–Crippen MR) is 73.3 cm³/mol. The van der Waals surface area contributed by atoms with E-state index in [0.717, 1.165) is 16.6 Å². The molecule has 20 heavy (non-hydrogen) atoms. The first-order valence-electron chi connectivity index (χ1n) is 5.50. The van der Waals surface area contributed by atoms with Crippen LogP contribution in [0.5, 0.6) is 0 Å². The van der Waals surface area contributed by atoms with E-state index in [0.29, 0.717) is 5.56 Å². The fraction of sp³-hybridized carbons (Fsp3) is 0.0769. The largest absolute Gasteiger partial charge is 0.478 e. The van der Waals surface area contributed by atoms with Crippen LogP contribution in [0.25, 0.3) is 0 Å². The lowest BCUT2D eigenvalue weighted by atomic mass is 10.1. The third-order valence-electron chi connectivity index (χ3n) is 2.61. The molecule has 1 aromatic heterocycles. The summed E-state index contributed by atoms with van der Waals surface area (Å²) in [5.41, 5.74) is -0.164. The van der Waals surface area contributed by atoms with Gasteiger partial charge in [-0.3, -0.25) is 0 Å². The molecule has 0 unspecified atom stereocenters. The maximum atomic E-state index is 13.8. The molecule has 1 aromatic carbocycles. The molecule has 0 fully saturated rings. The number of hydrogen-bond acceptors (Lipinski definition) is 3. The van der Waals surface area contributed by atoms with Gasteiger partial charge in [0.2, 0.25) is 0 Å². The molecular formula is C13H9BrF2N2O2. The normalized spacial score (nSPS) is 10.4. The number of carboxylic acid groups (broad SMARTS) is 1. The van der Waals surface area contributed by atoms with E-state index in [2.05, 4.69) is 26.2 Å². The van der Waals surface area contributed by atoms with E-state index in [9.17, 15) is 13.6 Å². The van der Waals surface area contributed by atoms with Gasteiger partial charge in [-0.05, 0) is 46.6 Å². The Morgan fingerprint density at radius 2 is 2.10 bits per heavy atom. The molecule has 0 aliphatic rings. The number of carbonyl (C=O) groups is 1. The number of carboxylic acids is 1. The number of pyridine rings is 1. The van der Waals surface area contributed by atoms with E-state index in [1.807, 2.05) is 0 Å². The van der Waals surface area contributed by atoms with Crippen LogP contribution in [0.2, 0.25) is 0 Å². The Balaban J connectivity index is 2.52. The highest BCUT2D eigenvalue weighted by Crippen LogP contribution is 2.27. The van der Waals surface area contributed by atoms with Crippen LogP contribution < -0.4 is 5.32 Å². The third-order valence-corrected chi connectivity index (χ3v) is 3.05. The molecule has 0 bridgehead atoms. The zero-order valence-corrected chi connectivity index (χ0v) is 11.8. The van der Waals surface area contributed by atoms with Gasteiger partial charge in [-0.1, -0.05) is 0 Å². The number of halogens is 3. The quantitative estimate of drug-likeness (QED) is 0.888. The molecule has 0 aliphatic carbocycles. The van der Waals surface area contributed by atoms with E-state index < -0.39 is 23.3 Å². The minimum atomic E-state index is -1.36. The molecule has 4 nitrogen and oxygen atoms in total. The molecule has 0 aliphatic heterocycles. The highest BCUT2D eigenvalue weighted by Gasteiger charge is 2.19. The van der Waals surface area contributed by atoms with Crippen LogP contribution in [-0.4, -0.2) is 16.1 Å². The van der Waals surface area contributed by atoms with Gasteiger partial charge in [0.05, 0.1) is 11.3 Å². The molecule has 7 heteroatoms. The smallest absolute Gasteiger partial charge is 0.337 e. The zero-order valence-electron chi connectivity index (χ0n) is 10.2. The van der Waals surface area contributed by atoms with Crippen molar-refractivity contribution in [3.05, 3.63) is 51.6 Å². The number of rotatable bonds is 3. The molecule has 0 saturated heterocycles. The van der Waals surface area contributed by atoms with E-state index >= 15 is 0 Å². The summed E-state index contributed by atoms with van der Waals surface area (Å²) >= 11 is 3.23. The Morgan fingerprint density at radius 3 is 2.70 bits per heavy atom. The number of benzene rings is 1. The lowest BCUT2D eigenvalue weighted by Gasteiger charge is -2.12. The van der Waals surface area contributed by atoms with Crippen LogP contribution in [0.15, 0.2) is 28.9 Å². The van der Waals surface area contributed by atoms with Crippen molar-refractivity contribution >= 4 is 33.4 Å². The third kappa shape index (κ3) is 2.77. The lowest BCUT2D eigenvalue weighted by Crippen LogP contribution is -2.08. The van der Waals surface area contributed by atoms with Crippen LogP contribution in [-0.2, 0) is 0 Å². The van der Waals surface area contributed by atoms with Gasteiger partial charge in [0, 0.05) is 10.7 Å². The predicted octanol–water partition coefficient (Wildman–Crippen LogP) is 3.87. The number of aromatic nitrogens is 1. The summed E-state index contributed by atoms with van der Waals surface area (Å²) in [6.07, 6.45) is 1.47. The van der Waals surface area contributed by atoms with Crippen LogP contribution >= 0.6 is 15.9 Å². The summed E-state index contributed by atoms with van der Waals surface area (Å²) in [7, 11) is 0. The van der Waals surface area contributed by atoms with Crippen LogP contribution in [0, 0.1) is 18.6 Å². The van der Waals surface area contributed by atoms with Crippen molar-refractivity contribution < 1.29 is 18.7 Å². The van der Waals surface area contributed by atoms with Gasteiger partial charge in [0.25, 0.3) is 0 Å². The number of nitrogens with zero attached hydrogens (tertiary/aromatic N) is 1. The van der Waals surface area contributed by atoms with Gasteiger partial charge in [-0.2, -0.15) is 0 Å². The van der Waals surface area contributed by atoms with Gasteiger partial charge < -0.3 is 10.4 Å². The number of nitrogens with one attached hydrogen (secondary N) is 1. The molecule has 0 radical (unpaired) electrons. The Morgan fingerprint density at radius 1 is 1.40 bits per heavy atom. The summed E-state index contributed by atoms with van der Waals surface area (Å²) in [5, 5.41) is 11.5. The number of aryl methyl sites for hydroxylation is 1. The summed E-state index contributed by atoms with van der Waals surface area (Å²) in [6.45, 7) is 1.71. The van der Waals surface area contributed by atoms with Crippen LogP contribution in [0.1, 0.15) is 15.9 Å². The molecule has 2 aromatic rings. The molecule has 0 atom stereocenters. The number of hydrogen-bond donors (Lipinski definition) is 2. The first-order valence-corrected chi connectivity index (χ1v) is 6.30. The highest BCUT2D eigenvalue weighted by molar-refractivity contribution is 9.10. The van der Waals surface area contributed by atoms with E-state index in [-0.39, 0.29) is 11.4 Å². The Kier molecular flexibility index (Phi) is 3.99. The second-order valence-electron chi connectivity index (χ2n) is 4.03. The summed E-state index contributed by atoms with van der Waals surface area (Å²) in [6, 6.07) is 3.48. The van der Waals surface area contributed by atoms with E-state index in [1.165, 1.54) is 6.20 Å². The number of aromatic carboxylic acids is 1. The monoisotopic (exact) mass is 342 g/mol. The molecule has 2 rings (SSSR count). The Hall–Kier alpha value is -2.02. The Labute approximate surface area is 121 Å². The average molecular weight is 343 g/mol. The first-order chi connectivity index (χ1) is 9.40. The molecule has 0 amide bonds. The zero-order chi connectivity index (χ0) is 14.9. The highest BCUT2D eigenvalue weighted by atomic mass is 79.9. The number of anilines is 2. The van der Waals surface area contributed by atoms with Crippen LogP contribution in [0.3, 0.4) is 0 Å². The van der Waals surface area contributed by atoms with Crippen molar-refractivity contribution in [1.82, 2.24) is 4.98 Å². The van der Waals surface area contributed by atoms with E-state index in [4.69, 9.17) is 5.11 Å². The fourth-order valence-electron chi connectivity index (χ4n) is 1.64. The fourth-order valence-corrected chi connectivity index (χ4v) is 2.09. The van der Waals surface area contributed by atoms with Crippen molar-refractivity contribution in [2.75, 3.05) is 5.32 Å². The van der Waals surface area contributed by atoms with Crippen molar-refractivity contribution in [2.45, 2.75) is 6.92 Å². The second kappa shape index (κ2) is 5.54. The van der Waals surface area contributed by atoms with Gasteiger partial charge in [-0.25, -0.2) is 18.6 Å².